The third-order valence-corrected chi connectivity index (χ3v) is 3.45. The second-order valence-electron chi connectivity index (χ2n) is 3.49. The molecule has 0 heterocycles. The van der Waals surface area contributed by atoms with Crippen LogP contribution in [-0.2, 0) is 14.3 Å². The zero-order chi connectivity index (χ0) is 13.4. The molecule has 0 aromatic heterocycles. The SMILES string of the molecule is O=S(=O)(OC(F)(F)F)c1ccc2ccccc2c1. The second-order valence-corrected chi connectivity index (χ2v) is 5.04. The molecule has 0 aliphatic carbocycles. The van der Waals surface area contributed by atoms with E-state index in [1.165, 1.54) is 6.07 Å². The number of rotatable bonds is 2. The Bertz CT molecular complexity index is 677. The molecular weight excluding hydrogens is 269 g/mol. The Morgan fingerprint density at radius 3 is 2.17 bits per heavy atom. The molecular formula is C11H7F3O3S. The molecule has 2 aromatic rings. The van der Waals surface area contributed by atoms with Gasteiger partial charge in [-0.1, -0.05) is 30.3 Å². The van der Waals surface area contributed by atoms with Crippen LogP contribution in [0.2, 0.25) is 0 Å². The molecule has 0 atom stereocenters. The Labute approximate surface area is 101 Å². The first-order chi connectivity index (χ1) is 8.28. The highest BCUT2D eigenvalue weighted by atomic mass is 32.2. The van der Waals surface area contributed by atoms with E-state index in [-0.39, 0.29) is 0 Å². The van der Waals surface area contributed by atoms with E-state index in [1.807, 2.05) is 0 Å². The molecule has 0 saturated carbocycles. The zero-order valence-electron chi connectivity index (χ0n) is 8.81. The van der Waals surface area contributed by atoms with Gasteiger partial charge in [0.05, 0.1) is 4.90 Å². The fraction of sp³-hybridized carbons (Fsp3) is 0.0909. The van der Waals surface area contributed by atoms with Gasteiger partial charge in [0.2, 0.25) is 0 Å². The maximum Gasteiger partial charge on any atom is 0.537 e. The van der Waals surface area contributed by atoms with Gasteiger partial charge in [-0.3, -0.25) is 0 Å². The standard InChI is InChI=1S/C11H7F3O3S/c12-11(13,14)17-18(15,16)10-6-5-8-3-1-2-4-9(8)7-10/h1-7H. The number of fused-ring (bicyclic) bond motifs is 1. The molecule has 0 N–H and O–H groups in total. The summed E-state index contributed by atoms with van der Waals surface area (Å²) in [7, 11) is -4.83. The van der Waals surface area contributed by atoms with Crippen molar-refractivity contribution in [2.45, 2.75) is 11.3 Å². The fourth-order valence-corrected chi connectivity index (χ4v) is 2.35. The van der Waals surface area contributed by atoms with E-state index in [0.717, 1.165) is 17.5 Å². The third kappa shape index (κ3) is 2.80. The molecule has 2 aromatic carbocycles. The van der Waals surface area contributed by atoms with Crippen molar-refractivity contribution in [3.63, 3.8) is 0 Å². The summed E-state index contributed by atoms with van der Waals surface area (Å²) in [4.78, 5) is -0.529. The summed E-state index contributed by atoms with van der Waals surface area (Å²) in [6.45, 7) is 0. The molecule has 0 amide bonds. The minimum atomic E-state index is -5.23. The number of halogens is 3. The normalized spacial score (nSPS) is 12.8. The molecule has 7 heteroatoms. The second kappa shape index (κ2) is 4.25. The predicted octanol–water partition coefficient (Wildman–Crippen LogP) is 3.06. The van der Waals surface area contributed by atoms with Crippen LogP contribution < -0.4 is 0 Å². The van der Waals surface area contributed by atoms with Crippen molar-refractivity contribution in [2.75, 3.05) is 0 Å². The molecule has 0 aliphatic heterocycles. The van der Waals surface area contributed by atoms with E-state index in [0.29, 0.717) is 5.39 Å². The lowest BCUT2D eigenvalue weighted by atomic mass is 10.1. The Balaban J connectivity index is 2.48. The highest BCUT2D eigenvalue weighted by molar-refractivity contribution is 7.86. The minimum Gasteiger partial charge on any atom is -0.194 e. The average molecular weight is 276 g/mol. The lowest BCUT2D eigenvalue weighted by Crippen LogP contribution is -2.19. The van der Waals surface area contributed by atoms with Gasteiger partial charge in [-0.05, 0) is 22.9 Å². The molecule has 0 aliphatic rings. The van der Waals surface area contributed by atoms with Gasteiger partial charge in [0, 0.05) is 0 Å². The van der Waals surface area contributed by atoms with E-state index in [2.05, 4.69) is 4.18 Å². The minimum absolute atomic E-state index is 0.518. The Hall–Kier alpha value is -1.60. The van der Waals surface area contributed by atoms with Crippen LogP contribution >= 0.6 is 0 Å². The number of hydrogen-bond acceptors (Lipinski definition) is 3. The van der Waals surface area contributed by atoms with E-state index in [1.54, 1.807) is 24.3 Å². The van der Waals surface area contributed by atoms with Gasteiger partial charge >= 0.3 is 16.5 Å². The quantitative estimate of drug-likeness (QED) is 0.792. The molecule has 3 nitrogen and oxygen atoms in total. The van der Waals surface area contributed by atoms with E-state index in [9.17, 15) is 21.6 Å². The summed E-state index contributed by atoms with van der Waals surface area (Å²) >= 11 is 0. The highest BCUT2D eigenvalue weighted by Crippen LogP contribution is 2.26. The van der Waals surface area contributed by atoms with Gasteiger partial charge in [0.1, 0.15) is 0 Å². The zero-order valence-corrected chi connectivity index (χ0v) is 9.62. The van der Waals surface area contributed by atoms with Gasteiger partial charge in [-0.2, -0.15) is 12.6 Å². The van der Waals surface area contributed by atoms with Crippen molar-refractivity contribution >= 4 is 20.9 Å². The average Bonchev–Trinajstić information content (AvgIpc) is 2.25. The first-order valence-electron chi connectivity index (χ1n) is 4.79. The van der Waals surface area contributed by atoms with Gasteiger partial charge in [0.15, 0.2) is 0 Å². The van der Waals surface area contributed by atoms with Crippen LogP contribution in [0.5, 0.6) is 0 Å². The first kappa shape index (κ1) is 12.8. The van der Waals surface area contributed by atoms with Crippen molar-refractivity contribution in [3.8, 4) is 0 Å². The Morgan fingerprint density at radius 1 is 0.944 bits per heavy atom. The lowest BCUT2D eigenvalue weighted by molar-refractivity contribution is -0.271. The van der Waals surface area contributed by atoms with E-state index < -0.39 is 21.4 Å². The summed E-state index contributed by atoms with van der Waals surface area (Å²) in [6.07, 6.45) is -5.23. The van der Waals surface area contributed by atoms with E-state index >= 15 is 0 Å². The third-order valence-electron chi connectivity index (χ3n) is 2.21. The van der Waals surface area contributed by atoms with Crippen molar-refractivity contribution in [1.82, 2.24) is 0 Å². The van der Waals surface area contributed by atoms with Crippen molar-refractivity contribution in [3.05, 3.63) is 42.5 Å². The molecule has 0 bridgehead atoms. The number of alkyl halides is 3. The Kier molecular flexibility index (Phi) is 3.04. The van der Waals surface area contributed by atoms with Crippen LogP contribution in [-0.4, -0.2) is 14.8 Å². The van der Waals surface area contributed by atoms with Gasteiger partial charge in [-0.25, -0.2) is 0 Å². The maximum atomic E-state index is 11.9. The monoisotopic (exact) mass is 276 g/mol. The highest BCUT2D eigenvalue weighted by Gasteiger charge is 2.37. The van der Waals surface area contributed by atoms with Crippen LogP contribution in [0.3, 0.4) is 0 Å². The summed E-state index contributed by atoms with van der Waals surface area (Å²) in [5.41, 5.74) is 0. The molecule has 2 rings (SSSR count). The molecule has 96 valence electrons. The van der Waals surface area contributed by atoms with Crippen LogP contribution in [0, 0.1) is 0 Å². The summed E-state index contributed by atoms with van der Waals surface area (Å²) in [6, 6.07) is 10.3. The Morgan fingerprint density at radius 2 is 1.56 bits per heavy atom. The summed E-state index contributed by atoms with van der Waals surface area (Å²) in [5, 5.41) is 1.24. The molecule has 0 radical (unpaired) electrons. The smallest absolute Gasteiger partial charge is 0.194 e. The number of hydrogen-bond donors (Lipinski definition) is 0. The molecule has 0 unspecified atom stereocenters. The van der Waals surface area contributed by atoms with Crippen molar-refractivity contribution in [1.29, 1.82) is 0 Å². The van der Waals surface area contributed by atoms with E-state index in [4.69, 9.17) is 0 Å². The molecule has 0 spiro atoms. The van der Waals surface area contributed by atoms with Crippen LogP contribution in [0.4, 0.5) is 13.2 Å². The maximum absolute atomic E-state index is 11.9. The van der Waals surface area contributed by atoms with Crippen LogP contribution in [0.25, 0.3) is 10.8 Å². The summed E-state index contributed by atoms with van der Waals surface area (Å²) < 4.78 is 61.7. The number of benzene rings is 2. The predicted molar refractivity (Wildman–Crippen MR) is 58.3 cm³/mol. The fourth-order valence-electron chi connectivity index (χ4n) is 1.50. The largest absolute Gasteiger partial charge is 0.537 e. The first-order valence-corrected chi connectivity index (χ1v) is 6.20. The van der Waals surface area contributed by atoms with Gasteiger partial charge in [-0.15, -0.1) is 13.2 Å². The topological polar surface area (TPSA) is 43.4 Å². The van der Waals surface area contributed by atoms with Crippen molar-refractivity contribution < 1.29 is 25.8 Å². The molecule has 18 heavy (non-hydrogen) atoms. The van der Waals surface area contributed by atoms with Crippen LogP contribution in [0.1, 0.15) is 0 Å². The summed E-state index contributed by atoms with van der Waals surface area (Å²) in [5.74, 6) is 0. The van der Waals surface area contributed by atoms with Crippen molar-refractivity contribution in [2.24, 2.45) is 0 Å². The molecule has 0 fully saturated rings. The van der Waals surface area contributed by atoms with Gasteiger partial charge in [0.25, 0.3) is 0 Å². The van der Waals surface area contributed by atoms with Gasteiger partial charge < -0.3 is 0 Å². The lowest BCUT2D eigenvalue weighted by Gasteiger charge is -2.08. The van der Waals surface area contributed by atoms with Crippen LogP contribution in [0.15, 0.2) is 47.4 Å². The molecule has 0 saturated heterocycles.